The molecule has 1 amide bonds. The van der Waals surface area contributed by atoms with E-state index in [2.05, 4.69) is 10.2 Å². The molecule has 0 spiro atoms. The maximum Gasteiger partial charge on any atom is 0.407 e. The summed E-state index contributed by atoms with van der Waals surface area (Å²) in [5.41, 5.74) is 1.71. The molecule has 2 fully saturated rings. The number of nitrogens with one attached hydrogen (secondary N) is 1. The van der Waals surface area contributed by atoms with Crippen LogP contribution in [0.3, 0.4) is 0 Å². The second-order valence-electron chi connectivity index (χ2n) is 10.8. The molecule has 1 aliphatic carbocycles. The first-order chi connectivity index (χ1) is 17.4. The van der Waals surface area contributed by atoms with Crippen LogP contribution in [0.4, 0.5) is 13.6 Å². The Hall–Kier alpha value is -2.56. The van der Waals surface area contributed by atoms with Crippen LogP contribution in [-0.4, -0.2) is 55.6 Å². The predicted octanol–water partition coefficient (Wildman–Crippen LogP) is 4.59. The predicted molar refractivity (Wildman–Crippen MR) is 135 cm³/mol. The molecule has 1 saturated heterocycles. The highest BCUT2D eigenvalue weighted by atomic mass is 32.2. The first kappa shape index (κ1) is 27.5. The minimum Gasteiger partial charge on any atom is -0.444 e. The number of hydrogen-bond acceptors (Lipinski definition) is 6. The van der Waals surface area contributed by atoms with Crippen molar-refractivity contribution in [2.75, 3.05) is 13.2 Å². The summed E-state index contributed by atoms with van der Waals surface area (Å²) in [6, 6.07) is 9.93. The Balaban J connectivity index is 0.000000342. The Bertz CT molecular complexity index is 1190. The molecule has 1 N–H and O–H groups in total. The van der Waals surface area contributed by atoms with Crippen molar-refractivity contribution in [2.45, 2.75) is 81.0 Å². The molecule has 2 aromatic carbocycles. The molecule has 1 saturated carbocycles. The number of carbonyl (C=O) groups is 1. The minimum atomic E-state index is -3.17. The lowest BCUT2D eigenvalue weighted by molar-refractivity contribution is -0.00782. The summed E-state index contributed by atoms with van der Waals surface area (Å²) < 4.78 is 60.0. The van der Waals surface area contributed by atoms with Gasteiger partial charge in [0.15, 0.2) is 9.84 Å². The molecule has 202 valence electrons. The van der Waals surface area contributed by atoms with E-state index in [1.165, 1.54) is 5.56 Å². The van der Waals surface area contributed by atoms with E-state index >= 15 is 0 Å². The molecule has 37 heavy (non-hydrogen) atoms. The molecule has 2 atom stereocenters. The van der Waals surface area contributed by atoms with E-state index < -0.39 is 33.2 Å². The van der Waals surface area contributed by atoms with Gasteiger partial charge in [-0.3, -0.25) is 4.90 Å². The molecule has 7 nitrogen and oxygen atoms in total. The van der Waals surface area contributed by atoms with Crippen molar-refractivity contribution < 1.29 is 31.5 Å². The van der Waals surface area contributed by atoms with Crippen LogP contribution < -0.4 is 5.32 Å². The van der Waals surface area contributed by atoms with Crippen LogP contribution in [0, 0.1) is 11.6 Å². The Morgan fingerprint density at radius 1 is 1.00 bits per heavy atom. The molecule has 2 aromatic rings. The first-order valence-corrected chi connectivity index (χ1v) is 14.0. The maximum absolute atomic E-state index is 12.5. The number of nitrogens with zero attached hydrogens (tertiary/aromatic N) is 1. The van der Waals surface area contributed by atoms with Gasteiger partial charge in [0.25, 0.3) is 0 Å². The van der Waals surface area contributed by atoms with Gasteiger partial charge in [-0.15, -0.1) is 0 Å². The number of hydrogen-bond donors (Lipinski definition) is 1. The zero-order valence-corrected chi connectivity index (χ0v) is 22.2. The first-order valence-electron chi connectivity index (χ1n) is 12.5. The van der Waals surface area contributed by atoms with E-state index in [0.717, 1.165) is 55.6 Å². The molecular weight excluding hydrogens is 502 g/mol. The van der Waals surface area contributed by atoms with Gasteiger partial charge in [-0.1, -0.05) is 6.07 Å². The molecular formula is C27H34F2N2O5S. The van der Waals surface area contributed by atoms with Crippen LogP contribution in [0.25, 0.3) is 0 Å². The maximum atomic E-state index is 12.5. The summed E-state index contributed by atoms with van der Waals surface area (Å²) in [6.07, 6.45) is 1.90. The summed E-state index contributed by atoms with van der Waals surface area (Å²) in [5.74, 6) is -0.821. The van der Waals surface area contributed by atoms with Crippen LogP contribution in [-0.2, 0) is 32.4 Å². The molecule has 2 unspecified atom stereocenters. The third-order valence-corrected chi connectivity index (χ3v) is 8.70. The van der Waals surface area contributed by atoms with Crippen LogP contribution in [0.1, 0.15) is 51.2 Å². The van der Waals surface area contributed by atoms with E-state index in [1.54, 1.807) is 6.07 Å². The van der Waals surface area contributed by atoms with Crippen LogP contribution in [0.15, 0.2) is 47.4 Å². The Kier molecular flexibility index (Phi) is 8.20. The standard InChI is InChI=1S/C21H30N2O5S.C6H4F2/c1-21(2,3)28-20(24)22-16-9-17(13-27-12-16)23-10-14-4-5-19(8-15(14)11-23)29(25,26)18-6-7-18;7-5-1-2-6(8)4-3-5/h4-5,8,16-18H,6-7,9-13H2,1-3H3,(H,22,24);1-4H. The molecule has 2 aliphatic heterocycles. The highest BCUT2D eigenvalue weighted by Crippen LogP contribution is 2.36. The normalized spacial score (nSPS) is 22.0. The van der Waals surface area contributed by atoms with E-state index in [4.69, 9.17) is 9.47 Å². The number of alkyl carbamates (subject to hydrolysis) is 1. The number of rotatable bonds is 4. The van der Waals surface area contributed by atoms with Gasteiger partial charge in [0.05, 0.1) is 29.4 Å². The summed E-state index contributed by atoms with van der Waals surface area (Å²) in [7, 11) is -3.17. The monoisotopic (exact) mass is 536 g/mol. The van der Waals surface area contributed by atoms with Crippen LogP contribution in [0.5, 0.6) is 0 Å². The van der Waals surface area contributed by atoms with Crippen molar-refractivity contribution in [3.8, 4) is 0 Å². The number of fused-ring (bicyclic) bond motifs is 1. The second-order valence-corrected chi connectivity index (χ2v) is 13.0. The number of amides is 1. The number of sulfone groups is 1. The zero-order chi connectivity index (χ0) is 26.8. The topological polar surface area (TPSA) is 84.9 Å². The van der Waals surface area contributed by atoms with Gasteiger partial charge in [-0.25, -0.2) is 22.0 Å². The summed E-state index contributed by atoms with van der Waals surface area (Å²) >= 11 is 0. The number of benzene rings is 2. The lowest BCUT2D eigenvalue weighted by atomic mass is 10.0. The van der Waals surface area contributed by atoms with Crippen molar-refractivity contribution in [3.05, 3.63) is 65.2 Å². The minimum absolute atomic E-state index is 0.0990. The van der Waals surface area contributed by atoms with Crippen LogP contribution >= 0.6 is 0 Å². The number of carbonyl (C=O) groups excluding carboxylic acids is 1. The molecule has 10 heteroatoms. The lowest BCUT2D eigenvalue weighted by Gasteiger charge is -2.35. The quantitative estimate of drug-likeness (QED) is 0.616. The van der Waals surface area contributed by atoms with E-state index in [1.807, 2.05) is 32.9 Å². The van der Waals surface area contributed by atoms with Gasteiger partial charge < -0.3 is 14.8 Å². The van der Waals surface area contributed by atoms with Crippen molar-refractivity contribution in [2.24, 2.45) is 0 Å². The molecule has 5 rings (SSSR count). The van der Waals surface area contributed by atoms with Crippen molar-refractivity contribution in [1.82, 2.24) is 10.2 Å². The molecule has 0 radical (unpaired) electrons. The van der Waals surface area contributed by atoms with E-state index in [-0.39, 0.29) is 17.3 Å². The zero-order valence-electron chi connectivity index (χ0n) is 21.4. The molecule has 2 heterocycles. The SMILES string of the molecule is CC(C)(C)OC(=O)NC1COCC(N2Cc3ccc(S(=O)(=O)C4CC4)cc3C2)C1.Fc1ccc(F)cc1. The fraction of sp³-hybridized carbons (Fsp3) is 0.519. The molecule has 3 aliphatic rings. The third kappa shape index (κ3) is 7.49. The molecule has 0 bridgehead atoms. The summed E-state index contributed by atoms with van der Waals surface area (Å²) in [6.45, 7) is 8.07. The Morgan fingerprint density at radius 3 is 2.22 bits per heavy atom. The van der Waals surface area contributed by atoms with Crippen molar-refractivity contribution in [3.63, 3.8) is 0 Å². The van der Waals surface area contributed by atoms with Gasteiger partial charge in [0.1, 0.15) is 17.2 Å². The Labute approximate surface area is 217 Å². The van der Waals surface area contributed by atoms with E-state index in [0.29, 0.717) is 24.7 Å². The van der Waals surface area contributed by atoms with Gasteiger partial charge in [-0.05, 0) is 87.6 Å². The fourth-order valence-electron chi connectivity index (χ4n) is 4.47. The van der Waals surface area contributed by atoms with Gasteiger partial charge in [-0.2, -0.15) is 0 Å². The summed E-state index contributed by atoms with van der Waals surface area (Å²) in [4.78, 5) is 14.8. The Morgan fingerprint density at radius 2 is 1.62 bits per heavy atom. The van der Waals surface area contributed by atoms with Crippen molar-refractivity contribution in [1.29, 1.82) is 0 Å². The average molecular weight is 537 g/mol. The van der Waals surface area contributed by atoms with Gasteiger partial charge in [0, 0.05) is 19.1 Å². The molecule has 0 aromatic heterocycles. The van der Waals surface area contributed by atoms with E-state index in [9.17, 15) is 22.0 Å². The second kappa shape index (κ2) is 11.0. The van der Waals surface area contributed by atoms with Crippen LogP contribution in [0.2, 0.25) is 0 Å². The van der Waals surface area contributed by atoms with Gasteiger partial charge >= 0.3 is 6.09 Å². The fourth-order valence-corrected chi connectivity index (χ4v) is 6.18. The lowest BCUT2D eigenvalue weighted by Crippen LogP contribution is -2.50. The number of ether oxygens (including phenoxy) is 2. The average Bonchev–Trinajstić information content (AvgIpc) is 3.60. The largest absolute Gasteiger partial charge is 0.444 e. The third-order valence-electron chi connectivity index (χ3n) is 6.44. The van der Waals surface area contributed by atoms with Crippen molar-refractivity contribution >= 4 is 15.9 Å². The smallest absolute Gasteiger partial charge is 0.407 e. The van der Waals surface area contributed by atoms with Gasteiger partial charge in [0.2, 0.25) is 0 Å². The number of halogens is 2. The highest BCUT2D eigenvalue weighted by Gasteiger charge is 2.38. The highest BCUT2D eigenvalue weighted by molar-refractivity contribution is 7.92. The summed E-state index contributed by atoms with van der Waals surface area (Å²) in [5, 5.41) is 2.72.